The number of halogens is 1. The lowest BCUT2D eigenvalue weighted by Gasteiger charge is -2.10. The summed E-state index contributed by atoms with van der Waals surface area (Å²) in [6.07, 6.45) is 5.68. The molecule has 0 spiro atoms. The second-order valence-corrected chi connectivity index (χ2v) is 5.71. The third-order valence-corrected chi connectivity index (χ3v) is 4.12. The molecule has 1 aromatic carbocycles. The average molecular weight is 311 g/mol. The first-order valence-electron chi connectivity index (χ1n) is 6.66. The second-order valence-electron chi connectivity index (χ2n) is 4.86. The molecule has 0 aliphatic heterocycles. The van der Waals surface area contributed by atoms with Crippen LogP contribution in [0.3, 0.4) is 0 Å². The molecule has 1 aliphatic rings. The molecule has 18 heavy (non-hydrogen) atoms. The van der Waals surface area contributed by atoms with Gasteiger partial charge in [-0.25, -0.2) is 0 Å². The Kier molecular flexibility index (Phi) is 4.81. The van der Waals surface area contributed by atoms with Crippen LogP contribution in [-0.4, -0.2) is 12.4 Å². The number of Topliss-reactive ketones (excluding diaryl/α,β-unsaturated/α-hetero) is 1. The smallest absolute Gasteiger partial charge is 0.163 e. The van der Waals surface area contributed by atoms with E-state index in [1.54, 1.807) is 0 Å². The van der Waals surface area contributed by atoms with Crippen molar-refractivity contribution in [1.29, 1.82) is 0 Å². The normalized spacial score (nSPS) is 15.9. The van der Waals surface area contributed by atoms with Crippen LogP contribution in [0.5, 0.6) is 5.75 Å². The third-order valence-electron chi connectivity index (χ3n) is 3.50. The number of ketones is 1. The molecule has 98 valence electrons. The molecule has 2 rings (SSSR count). The van der Waals surface area contributed by atoms with Crippen molar-refractivity contribution in [2.45, 2.75) is 39.0 Å². The molecule has 1 aromatic rings. The summed E-state index contributed by atoms with van der Waals surface area (Å²) in [7, 11) is 0. The molecule has 0 saturated heterocycles. The number of hydrogen-bond donors (Lipinski definition) is 0. The molecule has 0 atom stereocenters. The maximum Gasteiger partial charge on any atom is 0.163 e. The minimum absolute atomic E-state index is 0.255. The van der Waals surface area contributed by atoms with E-state index in [0.29, 0.717) is 18.9 Å². The lowest BCUT2D eigenvalue weighted by atomic mass is 9.97. The maximum absolute atomic E-state index is 12.2. The van der Waals surface area contributed by atoms with Crippen LogP contribution in [0.1, 0.15) is 49.4 Å². The zero-order valence-corrected chi connectivity index (χ0v) is 12.3. The van der Waals surface area contributed by atoms with Gasteiger partial charge >= 0.3 is 0 Å². The Balaban J connectivity index is 2.03. The lowest BCUT2D eigenvalue weighted by molar-refractivity contribution is 0.0962. The van der Waals surface area contributed by atoms with Gasteiger partial charge in [0.1, 0.15) is 5.75 Å². The summed E-state index contributed by atoms with van der Waals surface area (Å²) < 4.78 is 6.31. The van der Waals surface area contributed by atoms with Gasteiger partial charge in [0.25, 0.3) is 0 Å². The molecule has 0 radical (unpaired) electrons. The van der Waals surface area contributed by atoms with Gasteiger partial charge in [-0.1, -0.05) is 25.7 Å². The lowest BCUT2D eigenvalue weighted by Crippen LogP contribution is -2.06. The molecule has 1 aliphatic carbocycles. The monoisotopic (exact) mass is 310 g/mol. The molecule has 0 aromatic heterocycles. The second kappa shape index (κ2) is 6.37. The first kappa shape index (κ1) is 13.6. The van der Waals surface area contributed by atoms with E-state index in [0.717, 1.165) is 15.8 Å². The summed E-state index contributed by atoms with van der Waals surface area (Å²) in [5.41, 5.74) is 0.789. The summed E-state index contributed by atoms with van der Waals surface area (Å²) in [4.78, 5) is 12.2. The van der Waals surface area contributed by atoms with E-state index >= 15 is 0 Å². The Bertz CT molecular complexity index is 423. The van der Waals surface area contributed by atoms with Gasteiger partial charge in [0, 0.05) is 12.0 Å². The van der Waals surface area contributed by atoms with Crippen LogP contribution in [0.2, 0.25) is 0 Å². The molecule has 3 heteroatoms. The van der Waals surface area contributed by atoms with Gasteiger partial charge in [0.2, 0.25) is 0 Å². The first-order chi connectivity index (χ1) is 8.70. The van der Waals surface area contributed by atoms with E-state index in [1.165, 1.54) is 25.7 Å². The average Bonchev–Trinajstić information content (AvgIpc) is 2.84. The van der Waals surface area contributed by atoms with Crippen LogP contribution in [0, 0.1) is 5.92 Å². The zero-order chi connectivity index (χ0) is 13.0. The van der Waals surface area contributed by atoms with Crippen molar-refractivity contribution < 1.29 is 9.53 Å². The Morgan fingerprint density at radius 1 is 1.39 bits per heavy atom. The number of rotatable bonds is 5. The Morgan fingerprint density at radius 2 is 2.11 bits per heavy atom. The van der Waals surface area contributed by atoms with Crippen LogP contribution < -0.4 is 4.74 Å². The predicted octanol–water partition coefficient (Wildman–Crippen LogP) is 4.61. The SMILES string of the molecule is CCOc1ccc(C(=O)CC2CCCC2)cc1Br. The fourth-order valence-electron chi connectivity index (χ4n) is 2.54. The fourth-order valence-corrected chi connectivity index (χ4v) is 3.03. The third kappa shape index (κ3) is 3.35. The summed E-state index contributed by atoms with van der Waals surface area (Å²) in [5, 5.41) is 0. The van der Waals surface area contributed by atoms with Crippen molar-refractivity contribution in [1.82, 2.24) is 0 Å². The van der Waals surface area contributed by atoms with Gasteiger partial charge < -0.3 is 4.74 Å². The van der Waals surface area contributed by atoms with Gasteiger partial charge in [-0.05, 0) is 47.0 Å². The highest BCUT2D eigenvalue weighted by Crippen LogP contribution is 2.30. The number of ether oxygens (including phenoxy) is 1. The van der Waals surface area contributed by atoms with Crippen LogP contribution >= 0.6 is 15.9 Å². The van der Waals surface area contributed by atoms with Gasteiger partial charge in [-0.2, -0.15) is 0 Å². The molecule has 0 bridgehead atoms. The van der Waals surface area contributed by atoms with Crippen LogP contribution in [0.4, 0.5) is 0 Å². The number of hydrogen-bond acceptors (Lipinski definition) is 2. The number of benzene rings is 1. The van der Waals surface area contributed by atoms with Crippen LogP contribution in [-0.2, 0) is 0 Å². The molecule has 1 saturated carbocycles. The van der Waals surface area contributed by atoms with Gasteiger partial charge in [-0.3, -0.25) is 4.79 Å². The van der Waals surface area contributed by atoms with Crippen molar-refractivity contribution in [3.8, 4) is 5.75 Å². The quantitative estimate of drug-likeness (QED) is 0.742. The Hall–Kier alpha value is -0.830. The van der Waals surface area contributed by atoms with Gasteiger partial charge in [-0.15, -0.1) is 0 Å². The first-order valence-corrected chi connectivity index (χ1v) is 7.45. The van der Waals surface area contributed by atoms with Crippen molar-refractivity contribution >= 4 is 21.7 Å². The van der Waals surface area contributed by atoms with Crippen LogP contribution in [0.25, 0.3) is 0 Å². The van der Waals surface area contributed by atoms with E-state index in [9.17, 15) is 4.79 Å². The highest BCUT2D eigenvalue weighted by atomic mass is 79.9. The van der Waals surface area contributed by atoms with E-state index in [2.05, 4.69) is 15.9 Å². The fraction of sp³-hybridized carbons (Fsp3) is 0.533. The van der Waals surface area contributed by atoms with Gasteiger partial charge in [0.15, 0.2) is 5.78 Å². The van der Waals surface area contributed by atoms with Crippen molar-refractivity contribution in [3.63, 3.8) is 0 Å². The highest BCUT2D eigenvalue weighted by Gasteiger charge is 2.19. The van der Waals surface area contributed by atoms with Gasteiger partial charge in [0.05, 0.1) is 11.1 Å². The maximum atomic E-state index is 12.2. The molecule has 0 unspecified atom stereocenters. The Labute approximate surface area is 117 Å². The Morgan fingerprint density at radius 3 is 2.72 bits per heavy atom. The summed E-state index contributed by atoms with van der Waals surface area (Å²) in [6, 6.07) is 5.62. The standard InChI is InChI=1S/C15H19BrO2/c1-2-18-15-8-7-12(10-13(15)16)14(17)9-11-5-3-4-6-11/h7-8,10-11H,2-6,9H2,1H3. The molecule has 1 fully saturated rings. The topological polar surface area (TPSA) is 26.3 Å². The molecule has 0 N–H and O–H groups in total. The number of carbonyl (C=O) groups excluding carboxylic acids is 1. The highest BCUT2D eigenvalue weighted by molar-refractivity contribution is 9.10. The minimum atomic E-state index is 0.255. The van der Waals surface area contributed by atoms with E-state index in [4.69, 9.17) is 4.74 Å². The molecule has 0 amide bonds. The minimum Gasteiger partial charge on any atom is -0.493 e. The molecule has 0 heterocycles. The predicted molar refractivity (Wildman–Crippen MR) is 76.2 cm³/mol. The molecular formula is C15H19BrO2. The van der Waals surface area contributed by atoms with Crippen molar-refractivity contribution in [3.05, 3.63) is 28.2 Å². The largest absolute Gasteiger partial charge is 0.493 e. The number of carbonyl (C=O) groups is 1. The molecule has 2 nitrogen and oxygen atoms in total. The summed E-state index contributed by atoms with van der Waals surface area (Å²) in [6.45, 7) is 2.58. The van der Waals surface area contributed by atoms with E-state index in [-0.39, 0.29) is 5.78 Å². The molecular weight excluding hydrogens is 292 g/mol. The van der Waals surface area contributed by atoms with E-state index in [1.807, 2.05) is 25.1 Å². The van der Waals surface area contributed by atoms with Crippen molar-refractivity contribution in [2.75, 3.05) is 6.61 Å². The van der Waals surface area contributed by atoms with E-state index < -0.39 is 0 Å². The van der Waals surface area contributed by atoms with Crippen LogP contribution in [0.15, 0.2) is 22.7 Å². The summed E-state index contributed by atoms with van der Waals surface area (Å²) in [5.74, 6) is 1.66. The van der Waals surface area contributed by atoms with Crippen molar-refractivity contribution in [2.24, 2.45) is 5.92 Å². The summed E-state index contributed by atoms with van der Waals surface area (Å²) >= 11 is 3.45. The zero-order valence-electron chi connectivity index (χ0n) is 10.7.